The number of hydrogen-bond acceptors (Lipinski definition) is 2. The van der Waals surface area contributed by atoms with E-state index in [4.69, 9.17) is 11.6 Å². The molecule has 1 fully saturated rings. The number of likely N-dealkylation sites (tertiary alicyclic amines) is 1. The summed E-state index contributed by atoms with van der Waals surface area (Å²) in [6, 6.07) is 2.15. The average molecular weight is 312 g/mol. The van der Waals surface area contributed by atoms with Crippen LogP contribution >= 0.6 is 22.9 Å². The SMILES string of the molecule is CC1CCN(C(=O)c2cc3c(s2)CCCCC3)CC1Cl. The van der Waals surface area contributed by atoms with Crippen molar-refractivity contribution in [3.05, 3.63) is 21.4 Å². The van der Waals surface area contributed by atoms with E-state index in [1.54, 1.807) is 11.3 Å². The average Bonchev–Trinajstić information content (AvgIpc) is 2.72. The first kappa shape index (κ1) is 14.4. The normalized spacial score (nSPS) is 27.0. The van der Waals surface area contributed by atoms with Crippen LogP contribution in [-0.2, 0) is 12.8 Å². The van der Waals surface area contributed by atoms with E-state index in [2.05, 4.69) is 13.0 Å². The lowest BCUT2D eigenvalue weighted by molar-refractivity contribution is 0.0706. The van der Waals surface area contributed by atoms with Gasteiger partial charge in [0.2, 0.25) is 0 Å². The number of halogens is 1. The first-order valence-corrected chi connectivity index (χ1v) is 8.95. The third kappa shape index (κ3) is 2.89. The topological polar surface area (TPSA) is 20.3 Å². The van der Waals surface area contributed by atoms with Crippen LogP contribution in [0.4, 0.5) is 0 Å². The number of alkyl halides is 1. The molecular weight excluding hydrogens is 290 g/mol. The molecule has 20 heavy (non-hydrogen) atoms. The van der Waals surface area contributed by atoms with Crippen molar-refractivity contribution in [1.29, 1.82) is 0 Å². The number of piperidine rings is 1. The number of carbonyl (C=O) groups is 1. The zero-order valence-corrected chi connectivity index (χ0v) is 13.6. The number of nitrogens with zero attached hydrogens (tertiary/aromatic N) is 1. The van der Waals surface area contributed by atoms with Crippen LogP contribution in [0.3, 0.4) is 0 Å². The van der Waals surface area contributed by atoms with Crippen LogP contribution in [0, 0.1) is 5.92 Å². The third-order valence-electron chi connectivity index (χ3n) is 4.61. The second kappa shape index (κ2) is 6.07. The Morgan fingerprint density at radius 2 is 2.15 bits per heavy atom. The number of carbonyl (C=O) groups excluding carboxylic acids is 1. The zero-order valence-electron chi connectivity index (χ0n) is 12.0. The number of aryl methyl sites for hydroxylation is 2. The van der Waals surface area contributed by atoms with E-state index in [9.17, 15) is 4.79 Å². The molecule has 0 aromatic carbocycles. The van der Waals surface area contributed by atoms with Crippen molar-refractivity contribution < 1.29 is 4.79 Å². The Kier molecular flexibility index (Phi) is 4.37. The van der Waals surface area contributed by atoms with Crippen molar-refractivity contribution in [2.45, 2.75) is 50.8 Å². The third-order valence-corrected chi connectivity index (χ3v) is 6.40. The van der Waals surface area contributed by atoms with Gasteiger partial charge in [-0.05, 0) is 49.7 Å². The van der Waals surface area contributed by atoms with Crippen molar-refractivity contribution in [3.8, 4) is 0 Å². The molecule has 0 radical (unpaired) electrons. The van der Waals surface area contributed by atoms with Gasteiger partial charge in [0.15, 0.2) is 0 Å². The molecule has 0 spiro atoms. The molecule has 2 heterocycles. The van der Waals surface area contributed by atoms with Gasteiger partial charge in [-0.25, -0.2) is 0 Å². The van der Waals surface area contributed by atoms with Gasteiger partial charge in [0, 0.05) is 18.0 Å². The van der Waals surface area contributed by atoms with Crippen LogP contribution in [0.5, 0.6) is 0 Å². The van der Waals surface area contributed by atoms with Gasteiger partial charge in [-0.1, -0.05) is 13.3 Å². The largest absolute Gasteiger partial charge is 0.336 e. The van der Waals surface area contributed by atoms with Crippen LogP contribution in [0.2, 0.25) is 0 Å². The maximum Gasteiger partial charge on any atom is 0.263 e. The molecule has 1 aromatic rings. The number of thiophene rings is 1. The lowest BCUT2D eigenvalue weighted by Crippen LogP contribution is -2.43. The van der Waals surface area contributed by atoms with Gasteiger partial charge < -0.3 is 4.90 Å². The van der Waals surface area contributed by atoms with E-state index in [0.29, 0.717) is 12.5 Å². The predicted molar refractivity (Wildman–Crippen MR) is 84.9 cm³/mol. The summed E-state index contributed by atoms with van der Waals surface area (Å²) in [7, 11) is 0. The highest BCUT2D eigenvalue weighted by atomic mass is 35.5. The molecule has 1 aliphatic carbocycles. The highest BCUT2D eigenvalue weighted by Crippen LogP contribution is 2.31. The summed E-state index contributed by atoms with van der Waals surface area (Å²) in [6.07, 6.45) is 7.18. The van der Waals surface area contributed by atoms with Crippen LogP contribution in [0.15, 0.2) is 6.07 Å². The lowest BCUT2D eigenvalue weighted by atomic mass is 9.98. The fourth-order valence-corrected chi connectivity index (χ4v) is 4.65. The molecule has 1 amide bonds. The fraction of sp³-hybridized carbons (Fsp3) is 0.688. The summed E-state index contributed by atoms with van der Waals surface area (Å²) in [5.41, 5.74) is 1.42. The minimum Gasteiger partial charge on any atom is -0.336 e. The molecule has 0 bridgehead atoms. The molecule has 1 saturated heterocycles. The molecule has 4 heteroatoms. The maximum atomic E-state index is 12.6. The monoisotopic (exact) mass is 311 g/mol. The zero-order chi connectivity index (χ0) is 14.1. The Morgan fingerprint density at radius 3 is 2.95 bits per heavy atom. The Bertz CT molecular complexity index is 475. The first-order valence-electron chi connectivity index (χ1n) is 7.70. The fourth-order valence-electron chi connectivity index (χ4n) is 3.14. The number of fused-ring (bicyclic) bond motifs is 1. The molecule has 0 saturated carbocycles. The van der Waals surface area contributed by atoms with Crippen LogP contribution < -0.4 is 0 Å². The smallest absolute Gasteiger partial charge is 0.263 e. The quantitative estimate of drug-likeness (QED) is 0.564. The molecule has 2 atom stereocenters. The van der Waals surface area contributed by atoms with Crippen LogP contribution in [0.25, 0.3) is 0 Å². The van der Waals surface area contributed by atoms with Gasteiger partial charge in [0.05, 0.1) is 10.3 Å². The van der Waals surface area contributed by atoms with Crippen molar-refractivity contribution in [1.82, 2.24) is 4.90 Å². The van der Waals surface area contributed by atoms with Crippen molar-refractivity contribution >= 4 is 28.8 Å². The van der Waals surface area contributed by atoms with E-state index in [1.165, 1.54) is 29.7 Å². The molecule has 1 aliphatic heterocycles. The number of rotatable bonds is 1. The Labute approximate surface area is 130 Å². The molecular formula is C16H22ClNOS. The summed E-state index contributed by atoms with van der Waals surface area (Å²) in [4.78, 5) is 17.0. The number of amides is 1. The van der Waals surface area contributed by atoms with E-state index in [1.807, 2.05) is 4.90 Å². The van der Waals surface area contributed by atoms with Crippen molar-refractivity contribution in [2.75, 3.05) is 13.1 Å². The second-order valence-corrected chi connectivity index (χ2v) is 7.85. The standard InChI is InChI=1S/C16H22ClNOS/c1-11-7-8-18(10-13(11)17)16(19)15-9-12-5-3-2-4-6-14(12)20-15/h9,11,13H,2-8,10H2,1H3. The van der Waals surface area contributed by atoms with Gasteiger partial charge in [-0.3, -0.25) is 4.79 Å². The van der Waals surface area contributed by atoms with E-state index >= 15 is 0 Å². The van der Waals surface area contributed by atoms with Crippen molar-refractivity contribution in [3.63, 3.8) is 0 Å². The summed E-state index contributed by atoms with van der Waals surface area (Å²) < 4.78 is 0. The lowest BCUT2D eigenvalue weighted by Gasteiger charge is -2.33. The van der Waals surface area contributed by atoms with Gasteiger partial charge >= 0.3 is 0 Å². The van der Waals surface area contributed by atoms with Gasteiger partial charge in [-0.2, -0.15) is 0 Å². The molecule has 110 valence electrons. The van der Waals surface area contributed by atoms with Gasteiger partial charge in [-0.15, -0.1) is 22.9 Å². The van der Waals surface area contributed by atoms with E-state index in [-0.39, 0.29) is 11.3 Å². The number of hydrogen-bond donors (Lipinski definition) is 0. The summed E-state index contributed by atoms with van der Waals surface area (Å²) in [5.74, 6) is 0.710. The minimum absolute atomic E-state index is 0.102. The highest BCUT2D eigenvalue weighted by molar-refractivity contribution is 7.14. The molecule has 3 rings (SSSR count). The molecule has 2 unspecified atom stereocenters. The molecule has 2 nitrogen and oxygen atoms in total. The molecule has 1 aromatic heterocycles. The Balaban J connectivity index is 1.74. The van der Waals surface area contributed by atoms with Gasteiger partial charge in [0.25, 0.3) is 5.91 Å². The predicted octanol–water partition coefficient (Wildman–Crippen LogP) is 4.11. The minimum atomic E-state index is 0.102. The van der Waals surface area contributed by atoms with Gasteiger partial charge in [0.1, 0.15) is 0 Å². The highest BCUT2D eigenvalue weighted by Gasteiger charge is 2.29. The van der Waals surface area contributed by atoms with E-state index < -0.39 is 0 Å². The van der Waals surface area contributed by atoms with E-state index in [0.717, 1.165) is 30.7 Å². The molecule has 2 aliphatic rings. The second-order valence-electron chi connectivity index (χ2n) is 6.15. The summed E-state index contributed by atoms with van der Waals surface area (Å²) >= 11 is 8.04. The summed E-state index contributed by atoms with van der Waals surface area (Å²) in [5, 5.41) is 0.102. The molecule has 0 N–H and O–H groups in total. The first-order chi connectivity index (χ1) is 9.65. The maximum absolute atomic E-state index is 12.6. The summed E-state index contributed by atoms with van der Waals surface area (Å²) in [6.45, 7) is 3.72. The van der Waals surface area contributed by atoms with Crippen LogP contribution in [-0.4, -0.2) is 29.3 Å². The Morgan fingerprint density at radius 1 is 1.35 bits per heavy atom. The van der Waals surface area contributed by atoms with Crippen molar-refractivity contribution in [2.24, 2.45) is 5.92 Å². The Hall–Kier alpha value is -0.540. The van der Waals surface area contributed by atoms with Crippen LogP contribution in [0.1, 0.15) is 52.7 Å².